The summed E-state index contributed by atoms with van der Waals surface area (Å²) >= 11 is 0. The van der Waals surface area contributed by atoms with E-state index < -0.39 is 0 Å². The third kappa shape index (κ3) is 2.71. The third-order valence-corrected chi connectivity index (χ3v) is 5.08. The molecule has 0 spiro atoms. The molecule has 1 unspecified atom stereocenters. The van der Waals surface area contributed by atoms with Gasteiger partial charge in [-0.3, -0.25) is 14.3 Å². The van der Waals surface area contributed by atoms with Crippen LogP contribution in [-0.2, 0) is 11.8 Å². The number of nitrogens with zero attached hydrogens (tertiary/aromatic N) is 4. The first-order chi connectivity index (χ1) is 11.7. The average molecular weight is 326 g/mol. The standard InChI is InChI=1S/C18H22N4O2/c1-21-17(23)12-14(13-6-8-19-9-7-13)20-18(21)22-10-11-24-16-5-3-2-4-15(16)22/h6-9,12,15-16H,2-5,10-11H2,1H3/t15-,16?/m0/s1. The maximum atomic E-state index is 12.5. The maximum Gasteiger partial charge on any atom is 0.255 e. The summed E-state index contributed by atoms with van der Waals surface area (Å²) in [4.78, 5) is 23.6. The molecule has 0 aromatic carbocycles. The molecule has 0 amide bonds. The van der Waals surface area contributed by atoms with Crippen LogP contribution in [0.4, 0.5) is 5.95 Å². The number of fused-ring (bicyclic) bond motifs is 1. The summed E-state index contributed by atoms with van der Waals surface area (Å²) in [7, 11) is 1.80. The molecule has 1 aliphatic heterocycles. The van der Waals surface area contributed by atoms with E-state index in [1.165, 1.54) is 12.8 Å². The van der Waals surface area contributed by atoms with Gasteiger partial charge in [0.2, 0.25) is 5.95 Å². The third-order valence-electron chi connectivity index (χ3n) is 5.08. The number of hydrogen-bond acceptors (Lipinski definition) is 5. The summed E-state index contributed by atoms with van der Waals surface area (Å²) in [6, 6.07) is 5.68. The van der Waals surface area contributed by atoms with Crippen LogP contribution < -0.4 is 10.5 Å². The van der Waals surface area contributed by atoms with Gasteiger partial charge in [0, 0.05) is 37.6 Å². The van der Waals surface area contributed by atoms with Crippen molar-refractivity contribution in [1.29, 1.82) is 0 Å². The van der Waals surface area contributed by atoms with Crippen LogP contribution in [0.3, 0.4) is 0 Å². The minimum absolute atomic E-state index is 0.0364. The summed E-state index contributed by atoms with van der Waals surface area (Å²) in [6.07, 6.45) is 8.32. The van der Waals surface area contributed by atoms with Gasteiger partial charge in [0.15, 0.2) is 0 Å². The Balaban J connectivity index is 1.77. The van der Waals surface area contributed by atoms with Crippen LogP contribution in [0.1, 0.15) is 25.7 Å². The van der Waals surface area contributed by atoms with E-state index in [4.69, 9.17) is 9.72 Å². The highest BCUT2D eigenvalue weighted by Gasteiger charge is 2.36. The van der Waals surface area contributed by atoms with Crippen molar-refractivity contribution in [3.05, 3.63) is 40.9 Å². The Morgan fingerprint density at radius 3 is 2.83 bits per heavy atom. The van der Waals surface area contributed by atoms with Crippen molar-refractivity contribution < 1.29 is 4.74 Å². The Hall–Kier alpha value is -2.21. The van der Waals surface area contributed by atoms with E-state index in [1.54, 1.807) is 30.1 Å². The molecule has 24 heavy (non-hydrogen) atoms. The van der Waals surface area contributed by atoms with Gasteiger partial charge in [0.25, 0.3) is 5.56 Å². The van der Waals surface area contributed by atoms with Gasteiger partial charge in [0.05, 0.1) is 24.4 Å². The fraction of sp³-hybridized carbons (Fsp3) is 0.500. The fourth-order valence-electron chi connectivity index (χ4n) is 3.80. The first kappa shape index (κ1) is 15.3. The second-order valence-electron chi connectivity index (χ2n) is 6.53. The monoisotopic (exact) mass is 326 g/mol. The lowest BCUT2D eigenvalue weighted by atomic mass is 9.90. The molecule has 3 heterocycles. The molecule has 4 rings (SSSR count). The zero-order valence-electron chi connectivity index (χ0n) is 13.9. The van der Waals surface area contributed by atoms with Crippen LogP contribution in [0.2, 0.25) is 0 Å². The van der Waals surface area contributed by atoms with Gasteiger partial charge in [-0.1, -0.05) is 12.8 Å². The number of hydrogen-bond donors (Lipinski definition) is 0. The van der Waals surface area contributed by atoms with Crippen LogP contribution in [0.15, 0.2) is 35.4 Å². The molecule has 0 radical (unpaired) electrons. The minimum Gasteiger partial charge on any atom is -0.374 e. The Kier molecular flexibility index (Phi) is 4.06. The van der Waals surface area contributed by atoms with Crippen molar-refractivity contribution in [2.24, 2.45) is 7.05 Å². The number of anilines is 1. The molecule has 0 N–H and O–H groups in total. The smallest absolute Gasteiger partial charge is 0.255 e. The molecule has 6 nitrogen and oxygen atoms in total. The Bertz CT molecular complexity index is 772. The van der Waals surface area contributed by atoms with Gasteiger partial charge in [-0.15, -0.1) is 0 Å². The van der Waals surface area contributed by atoms with Gasteiger partial charge < -0.3 is 9.64 Å². The Morgan fingerprint density at radius 2 is 2.00 bits per heavy atom. The van der Waals surface area contributed by atoms with E-state index in [0.29, 0.717) is 18.3 Å². The molecule has 2 aliphatic rings. The number of rotatable bonds is 2. The Morgan fingerprint density at radius 1 is 1.21 bits per heavy atom. The number of ether oxygens (including phenoxy) is 1. The van der Waals surface area contributed by atoms with E-state index >= 15 is 0 Å². The second kappa shape index (κ2) is 6.36. The number of morpholine rings is 1. The fourth-order valence-corrected chi connectivity index (χ4v) is 3.80. The predicted octanol–water partition coefficient (Wildman–Crippen LogP) is 1.99. The molecule has 2 atom stereocenters. The van der Waals surface area contributed by atoms with Crippen LogP contribution >= 0.6 is 0 Å². The largest absolute Gasteiger partial charge is 0.374 e. The summed E-state index contributed by atoms with van der Waals surface area (Å²) in [6.45, 7) is 1.47. The molecule has 6 heteroatoms. The molecule has 2 aromatic rings. The summed E-state index contributed by atoms with van der Waals surface area (Å²) < 4.78 is 7.61. The lowest BCUT2D eigenvalue weighted by Crippen LogP contribution is -2.54. The van der Waals surface area contributed by atoms with Crippen LogP contribution in [0.25, 0.3) is 11.3 Å². The summed E-state index contributed by atoms with van der Waals surface area (Å²) in [5, 5.41) is 0. The highest BCUT2D eigenvalue weighted by molar-refractivity contribution is 5.59. The second-order valence-corrected chi connectivity index (χ2v) is 6.53. The lowest BCUT2D eigenvalue weighted by Gasteiger charge is -2.44. The van der Waals surface area contributed by atoms with Crippen molar-refractivity contribution in [1.82, 2.24) is 14.5 Å². The predicted molar refractivity (Wildman–Crippen MR) is 92.1 cm³/mol. The number of aromatic nitrogens is 3. The van der Waals surface area contributed by atoms with Crippen LogP contribution in [0, 0.1) is 0 Å². The van der Waals surface area contributed by atoms with Crippen molar-refractivity contribution in [3.63, 3.8) is 0 Å². The SMILES string of the molecule is Cn1c(N2CCOC3CCCC[C@@H]32)nc(-c2ccncc2)cc1=O. The van der Waals surface area contributed by atoms with Gasteiger partial charge in [-0.25, -0.2) is 4.98 Å². The van der Waals surface area contributed by atoms with Gasteiger partial charge in [-0.2, -0.15) is 0 Å². The van der Waals surface area contributed by atoms with Crippen molar-refractivity contribution in [3.8, 4) is 11.3 Å². The van der Waals surface area contributed by atoms with Gasteiger partial charge >= 0.3 is 0 Å². The van der Waals surface area contributed by atoms with E-state index in [0.717, 1.165) is 30.9 Å². The maximum absolute atomic E-state index is 12.5. The van der Waals surface area contributed by atoms with Crippen molar-refractivity contribution >= 4 is 5.95 Å². The summed E-state index contributed by atoms with van der Waals surface area (Å²) in [5.74, 6) is 0.745. The topological polar surface area (TPSA) is 60.2 Å². The van der Waals surface area contributed by atoms with Crippen molar-refractivity contribution in [2.75, 3.05) is 18.1 Å². The van der Waals surface area contributed by atoms with Crippen molar-refractivity contribution in [2.45, 2.75) is 37.8 Å². The van der Waals surface area contributed by atoms with E-state index in [9.17, 15) is 4.79 Å². The Labute approximate surface area is 141 Å². The van der Waals surface area contributed by atoms with Crippen LogP contribution in [-0.4, -0.2) is 39.8 Å². The number of pyridine rings is 1. The molecule has 1 aliphatic carbocycles. The van der Waals surface area contributed by atoms with E-state index in [2.05, 4.69) is 9.88 Å². The first-order valence-electron chi connectivity index (χ1n) is 8.61. The molecule has 2 aromatic heterocycles. The summed E-state index contributed by atoms with van der Waals surface area (Å²) in [5.41, 5.74) is 1.58. The zero-order valence-corrected chi connectivity index (χ0v) is 13.9. The molecular formula is C18H22N4O2. The zero-order chi connectivity index (χ0) is 16.5. The molecule has 2 fully saturated rings. The molecule has 1 saturated heterocycles. The van der Waals surface area contributed by atoms with Gasteiger partial charge in [-0.05, 0) is 25.0 Å². The lowest BCUT2D eigenvalue weighted by molar-refractivity contribution is -0.00959. The highest BCUT2D eigenvalue weighted by atomic mass is 16.5. The first-order valence-corrected chi connectivity index (χ1v) is 8.61. The van der Waals surface area contributed by atoms with Crippen LogP contribution in [0.5, 0.6) is 0 Å². The van der Waals surface area contributed by atoms with Gasteiger partial charge in [0.1, 0.15) is 0 Å². The average Bonchev–Trinajstić information content (AvgIpc) is 2.64. The molecule has 126 valence electrons. The quantitative estimate of drug-likeness (QED) is 0.845. The minimum atomic E-state index is -0.0364. The normalized spacial score (nSPS) is 23.8. The van der Waals surface area contributed by atoms with E-state index in [-0.39, 0.29) is 11.7 Å². The molecule has 0 bridgehead atoms. The molecular weight excluding hydrogens is 304 g/mol. The highest BCUT2D eigenvalue weighted by Crippen LogP contribution is 2.31. The molecule has 1 saturated carbocycles. The van der Waals surface area contributed by atoms with E-state index in [1.807, 2.05) is 12.1 Å².